The maximum Gasteiger partial charge on any atom is 0.573 e. The zero-order valence-corrected chi connectivity index (χ0v) is 10.9. The van der Waals surface area contributed by atoms with Crippen molar-refractivity contribution < 1.29 is 26.3 Å². The van der Waals surface area contributed by atoms with E-state index >= 15 is 0 Å². The number of nitrogens with two attached hydrogens (primary N) is 1. The fourth-order valence-corrected chi connectivity index (χ4v) is 2.86. The predicted molar refractivity (Wildman–Crippen MR) is 61.1 cm³/mol. The number of halogens is 3. The topological polar surface area (TPSA) is 69.4 Å². The number of benzene rings is 1. The Labute approximate surface area is 107 Å². The molecule has 0 fully saturated rings. The highest BCUT2D eigenvalue weighted by molar-refractivity contribution is 7.89. The van der Waals surface area contributed by atoms with Crippen LogP contribution in [0.4, 0.5) is 13.2 Å². The van der Waals surface area contributed by atoms with Gasteiger partial charge in [-0.3, -0.25) is 0 Å². The molecule has 1 aromatic rings. The Kier molecular flexibility index (Phi) is 4.19. The summed E-state index contributed by atoms with van der Waals surface area (Å²) in [6.45, 7) is 1.57. The molecule has 0 aromatic heterocycles. The van der Waals surface area contributed by atoms with Crippen molar-refractivity contribution in [2.75, 3.05) is 0 Å². The van der Waals surface area contributed by atoms with Crippen LogP contribution in [0.5, 0.6) is 5.75 Å². The van der Waals surface area contributed by atoms with Crippen molar-refractivity contribution in [1.29, 1.82) is 0 Å². The first kappa shape index (κ1) is 15.1. The fraction of sp³-hybridized carbons (Fsp3) is 0.333. The van der Waals surface area contributed by atoms with Crippen LogP contribution in [0.1, 0.15) is 12.5 Å². The Morgan fingerprint density at radius 2 is 1.94 bits per heavy atom. The van der Waals surface area contributed by atoms with Crippen molar-refractivity contribution in [3.05, 3.63) is 17.7 Å². The molecule has 0 aliphatic carbocycles. The summed E-state index contributed by atoms with van der Waals surface area (Å²) in [5, 5.41) is 4.91. The van der Waals surface area contributed by atoms with E-state index in [-0.39, 0.29) is 16.9 Å². The van der Waals surface area contributed by atoms with E-state index in [9.17, 15) is 21.6 Å². The summed E-state index contributed by atoms with van der Waals surface area (Å²) in [4.78, 5) is -0.453. The van der Waals surface area contributed by atoms with Crippen molar-refractivity contribution in [3.63, 3.8) is 0 Å². The van der Waals surface area contributed by atoms with Crippen molar-refractivity contribution in [2.45, 2.75) is 29.5 Å². The normalized spacial score (nSPS) is 12.6. The van der Waals surface area contributed by atoms with E-state index in [0.717, 1.165) is 6.07 Å². The quantitative estimate of drug-likeness (QED) is 0.840. The number of hydrogen-bond acceptors (Lipinski definition) is 4. The molecule has 2 N–H and O–H groups in total. The van der Waals surface area contributed by atoms with Crippen LogP contribution in [0.15, 0.2) is 21.9 Å². The van der Waals surface area contributed by atoms with E-state index in [4.69, 9.17) is 5.14 Å². The lowest BCUT2D eigenvalue weighted by Crippen LogP contribution is -2.22. The van der Waals surface area contributed by atoms with Crippen molar-refractivity contribution in [2.24, 2.45) is 5.14 Å². The van der Waals surface area contributed by atoms with Gasteiger partial charge >= 0.3 is 6.36 Å². The molecule has 1 rings (SSSR count). The highest BCUT2D eigenvalue weighted by Gasteiger charge is 2.34. The molecule has 1 aromatic carbocycles. The van der Waals surface area contributed by atoms with Crippen LogP contribution in [-0.4, -0.2) is 14.8 Å². The zero-order chi connectivity index (χ0) is 14.1. The summed E-state index contributed by atoms with van der Waals surface area (Å²) in [5.41, 5.74) is 0.0857. The molecule has 0 saturated heterocycles. The van der Waals surface area contributed by atoms with Gasteiger partial charge in [0.15, 0.2) is 0 Å². The summed E-state index contributed by atoms with van der Waals surface area (Å²) < 4.78 is 62.9. The van der Waals surface area contributed by atoms with Crippen molar-refractivity contribution in [1.82, 2.24) is 0 Å². The molecule has 0 radical (unpaired) electrons. The third-order valence-electron chi connectivity index (χ3n) is 2.06. The van der Waals surface area contributed by atoms with Gasteiger partial charge in [0.25, 0.3) is 0 Å². The van der Waals surface area contributed by atoms with Crippen LogP contribution in [0, 0.1) is 0 Å². The number of primary sulfonamides is 1. The van der Waals surface area contributed by atoms with E-state index in [0.29, 0.717) is 0 Å². The van der Waals surface area contributed by atoms with Gasteiger partial charge in [-0.1, -0.05) is 6.92 Å². The second-order valence-electron chi connectivity index (χ2n) is 3.34. The van der Waals surface area contributed by atoms with Crippen LogP contribution >= 0.6 is 12.6 Å². The molecule has 4 nitrogen and oxygen atoms in total. The average molecular weight is 301 g/mol. The first-order chi connectivity index (χ1) is 8.06. The van der Waals surface area contributed by atoms with Crippen LogP contribution < -0.4 is 9.88 Å². The van der Waals surface area contributed by atoms with Crippen molar-refractivity contribution in [3.8, 4) is 5.75 Å². The Hall–Kier alpha value is -0.930. The minimum atomic E-state index is -5.00. The molecule has 0 aliphatic heterocycles. The van der Waals surface area contributed by atoms with Crippen LogP contribution in [-0.2, 0) is 16.4 Å². The first-order valence-electron chi connectivity index (χ1n) is 4.69. The van der Waals surface area contributed by atoms with Crippen LogP contribution in [0.3, 0.4) is 0 Å². The van der Waals surface area contributed by atoms with Crippen molar-refractivity contribution >= 4 is 22.7 Å². The first-order valence-corrected chi connectivity index (χ1v) is 6.69. The maximum atomic E-state index is 12.2. The Morgan fingerprint density at radius 3 is 2.33 bits per heavy atom. The predicted octanol–water partition coefficient (Wildman–Crippen LogP) is 2.08. The van der Waals surface area contributed by atoms with E-state index in [1.807, 2.05) is 0 Å². The minimum absolute atomic E-state index is 0.0857. The number of hydrogen-bond donors (Lipinski definition) is 2. The van der Waals surface area contributed by atoms with Gasteiger partial charge in [0.1, 0.15) is 10.6 Å². The molecule has 0 aliphatic rings. The standard InChI is InChI=1S/C9H10F3NO3S2/c1-2-5-7(17)4-3-6(16-9(10,11)12)8(5)18(13,14)15/h3-4,17H,2H2,1H3,(H2,13,14,15). The third-order valence-corrected chi connectivity index (χ3v) is 3.50. The lowest BCUT2D eigenvalue weighted by molar-refractivity contribution is -0.275. The van der Waals surface area contributed by atoms with Gasteiger partial charge in [0.2, 0.25) is 10.0 Å². The van der Waals surface area contributed by atoms with Crippen LogP contribution in [0.25, 0.3) is 0 Å². The Morgan fingerprint density at radius 1 is 1.39 bits per heavy atom. The Balaban J connectivity index is 3.54. The highest BCUT2D eigenvalue weighted by atomic mass is 32.2. The summed E-state index contributed by atoms with van der Waals surface area (Å²) in [7, 11) is -4.34. The summed E-state index contributed by atoms with van der Waals surface area (Å²) >= 11 is 3.98. The van der Waals surface area contributed by atoms with E-state index in [1.54, 1.807) is 6.92 Å². The number of rotatable bonds is 3. The second kappa shape index (κ2) is 4.98. The SMILES string of the molecule is CCc1c(S)ccc(OC(F)(F)F)c1S(N)(=O)=O. The largest absolute Gasteiger partial charge is 0.573 e. The minimum Gasteiger partial charge on any atom is -0.404 e. The smallest absolute Gasteiger partial charge is 0.404 e. The highest BCUT2D eigenvalue weighted by Crippen LogP contribution is 2.34. The number of thiol groups is 1. The molecule has 0 amide bonds. The molecule has 102 valence electrons. The van der Waals surface area contributed by atoms with Gasteiger partial charge in [-0.05, 0) is 24.1 Å². The van der Waals surface area contributed by atoms with Gasteiger partial charge in [0.05, 0.1) is 0 Å². The molecule has 0 unspecified atom stereocenters. The number of ether oxygens (including phenoxy) is 1. The van der Waals surface area contributed by atoms with Gasteiger partial charge in [-0.15, -0.1) is 25.8 Å². The Bertz CT molecular complexity index is 555. The summed E-state index contributed by atoms with van der Waals surface area (Å²) in [6, 6.07) is 2.09. The molecule has 0 bridgehead atoms. The molecule has 18 heavy (non-hydrogen) atoms. The van der Waals surface area contributed by atoms with Gasteiger partial charge in [-0.25, -0.2) is 13.6 Å². The molecule has 9 heteroatoms. The van der Waals surface area contributed by atoms with Crippen LogP contribution in [0.2, 0.25) is 0 Å². The lowest BCUT2D eigenvalue weighted by Gasteiger charge is -2.16. The van der Waals surface area contributed by atoms with E-state index in [1.165, 1.54) is 6.07 Å². The fourth-order valence-electron chi connectivity index (χ4n) is 1.45. The molecule has 0 spiro atoms. The van der Waals surface area contributed by atoms with Gasteiger partial charge in [-0.2, -0.15) is 0 Å². The van der Waals surface area contributed by atoms with E-state index < -0.39 is 27.0 Å². The number of sulfonamides is 1. The monoisotopic (exact) mass is 301 g/mol. The molecular weight excluding hydrogens is 291 g/mol. The maximum absolute atomic E-state index is 12.2. The lowest BCUT2D eigenvalue weighted by atomic mass is 10.1. The second-order valence-corrected chi connectivity index (χ2v) is 5.32. The molecule has 0 heterocycles. The molecule has 0 atom stereocenters. The molecule has 0 saturated carbocycles. The third kappa shape index (κ3) is 3.53. The summed E-state index contributed by atoms with van der Waals surface area (Å²) in [5.74, 6) is -0.848. The van der Waals surface area contributed by atoms with E-state index in [2.05, 4.69) is 17.4 Å². The van der Waals surface area contributed by atoms with Gasteiger partial charge in [0, 0.05) is 4.90 Å². The van der Waals surface area contributed by atoms with Gasteiger partial charge < -0.3 is 4.74 Å². The number of alkyl halides is 3. The average Bonchev–Trinajstić information content (AvgIpc) is 2.16. The summed E-state index contributed by atoms with van der Waals surface area (Å²) in [6.07, 6.45) is -4.85. The molecular formula is C9H10F3NO3S2. The zero-order valence-electron chi connectivity index (χ0n) is 9.15.